The number of carbonyl (C=O) groups is 1. The van der Waals surface area contributed by atoms with Gasteiger partial charge in [0.1, 0.15) is 5.75 Å². The van der Waals surface area contributed by atoms with Gasteiger partial charge in [-0.1, -0.05) is 30.3 Å². The number of benzene rings is 2. The molecule has 0 radical (unpaired) electrons. The molecule has 1 aliphatic heterocycles. The fourth-order valence-corrected chi connectivity index (χ4v) is 5.60. The third kappa shape index (κ3) is 4.42. The number of Topliss-reactive ketones (excluding diaryl/α,β-unsaturated/α-hetero) is 1. The number of nitrogens with zero attached hydrogens (tertiary/aromatic N) is 1. The number of ether oxygens (including phenoxy) is 1. The number of hydrogen-bond acceptors (Lipinski definition) is 4. The standard InChI is InChI=1S/C27H33NO3/c29-26-21(19-28-16-14-27(30,15-17-28)22-6-2-1-3-7-22)11-10-20-18-24(12-13-25(20)26)31-23-8-4-5-9-23/h1-3,6-7,12-13,18,21,23,30H,4-5,8-11,14-17,19H2. The van der Waals surface area contributed by atoms with Crippen LogP contribution < -0.4 is 4.74 Å². The minimum absolute atomic E-state index is 0.0528. The van der Waals surface area contributed by atoms with Gasteiger partial charge in [0.2, 0.25) is 0 Å². The Balaban J connectivity index is 1.19. The van der Waals surface area contributed by atoms with Gasteiger partial charge in [0, 0.05) is 31.1 Å². The minimum Gasteiger partial charge on any atom is -0.490 e. The van der Waals surface area contributed by atoms with Crippen molar-refractivity contribution in [3.8, 4) is 5.75 Å². The van der Waals surface area contributed by atoms with Crippen LogP contribution in [-0.2, 0) is 12.0 Å². The zero-order chi connectivity index (χ0) is 21.3. The molecule has 1 heterocycles. The smallest absolute Gasteiger partial charge is 0.167 e. The van der Waals surface area contributed by atoms with Crippen molar-refractivity contribution < 1.29 is 14.6 Å². The maximum atomic E-state index is 13.2. The van der Waals surface area contributed by atoms with Crippen LogP contribution in [0.15, 0.2) is 48.5 Å². The predicted molar refractivity (Wildman–Crippen MR) is 121 cm³/mol. The van der Waals surface area contributed by atoms with Gasteiger partial charge in [0.15, 0.2) is 5.78 Å². The Morgan fingerprint density at radius 3 is 2.48 bits per heavy atom. The van der Waals surface area contributed by atoms with E-state index in [1.165, 1.54) is 12.8 Å². The second-order valence-electron chi connectivity index (χ2n) is 9.64. The van der Waals surface area contributed by atoms with Crippen LogP contribution in [0.25, 0.3) is 0 Å². The lowest BCUT2D eigenvalue weighted by Crippen LogP contribution is -2.45. The summed E-state index contributed by atoms with van der Waals surface area (Å²) in [5.41, 5.74) is 2.30. The summed E-state index contributed by atoms with van der Waals surface area (Å²) in [6, 6.07) is 16.1. The molecule has 2 aromatic carbocycles. The quantitative estimate of drug-likeness (QED) is 0.761. The van der Waals surface area contributed by atoms with Gasteiger partial charge >= 0.3 is 0 Å². The van der Waals surface area contributed by atoms with Crippen LogP contribution >= 0.6 is 0 Å². The topological polar surface area (TPSA) is 49.8 Å². The average molecular weight is 420 g/mol. The van der Waals surface area contributed by atoms with Gasteiger partial charge in [-0.2, -0.15) is 0 Å². The molecule has 164 valence electrons. The Kier molecular flexibility index (Phi) is 5.85. The number of aliphatic hydroxyl groups is 1. The van der Waals surface area contributed by atoms with E-state index in [1.807, 2.05) is 42.5 Å². The molecule has 3 aliphatic rings. The number of carbonyl (C=O) groups excluding carboxylic acids is 1. The molecular weight excluding hydrogens is 386 g/mol. The lowest BCUT2D eigenvalue weighted by atomic mass is 9.81. The van der Waals surface area contributed by atoms with Crippen molar-refractivity contribution in [1.29, 1.82) is 0 Å². The Morgan fingerprint density at radius 2 is 1.74 bits per heavy atom. The van der Waals surface area contributed by atoms with Gasteiger partial charge < -0.3 is 14.7 Å². The number of fused-ring (bicyclic) bond motifs is 1. The number of piperidine rings is 1. The second kappa shape index (κ2) is 8.76. The summed E-state index contributed by atoms with van der Waals surface area (Å²) in [6.07, 6.45) is 8.43. The first-order chi connectivity index (χ1) is 15.1. The van der Waals surface area contributed by atoms with E-state index >= 15 is 0 Å². The Bertz CT molecular complexity index is 911. The van der Waals surface area contributed by atoms with E-state index in [-0.39, 0.29) is 11.7 Å². The molecule has 0 bridgehead atoms. The third-order valence-corrected chi connectivity index (χ3v) is 7.55. The van der Waals surface area contributed by atoms with E-state index in [9.17, 15) is 9.90 Å². The van der Waals surface area contributed by atoms with Crippen molar-refractivity contribution in [3.63, 3.8) is 0 Å². The van der Waals surface area contributed by atoms with Gasteiger partial charge in [-0.25, -0.2) is 0 Å². The number of ketones is 1. The fraction of sp³-hybridized carbons (Fsp3) is 0.519. The molecule has 1 unspecified atom stereocenters. The van der Waals surface area contributed by atoms with Crippen LogP contribution in [0.2, 0.25) is 0 Å². The normalized spacial score (nSPS) is 24.2. The molecule has 0 spiro atoms. The number of hydrogen-bond donors (Lipinski definition) is 1. The van der Waals surface area contributed by atoms with Crippen LogP contribution in [0.3, 0.4) is 0 Å². The van der Waals surface area contributed by atoms with E-state index in [1.54, 1.807) is 0 Å². The van der Waals surface area contributed by atoms with E-state index in [2.05, 4.69) is 11.0 Å². The van der Waals surface area contributed by atoms with Crippen LogP contribution in [0.4, 0.5) is 0 Å². The average Bonchev–Trinajstić information content (AvgIpc) is 3.31. The highest BCUT2D eigenvalue weighted by Gasteiger charge is 2.36. The second-order valence-corrected chi connectivity index (χ2v) is 9.64. The van der Waals surface area contributed by atoms with E-state index < -0.39 is 5.60 Å². The van der Waals surface area contributed by atoms with Gasteiger partial charge in [-0.05, 0) is 80.7 Å². The van der Waals surface area contributed by atoms with Gasteiger partial charge in [0.05, 0.1) is 11.7 Å². The van der Waals surface area contributed by atoms with Gasteiger partial charge in [-0.15, -0.1) is 0 Å². The van der Waals surface area contributed by atoms with Crippen molar-refractivity contribution >= 4 is 5.78 Å². The van der Waals surface area contributed by atoms with Crippen LogP contribution in [-0.4, -0.2) is 41.5 Å². The van der Waals surface area contributed by atoms with E-state index in [0.29, 0.717) is 6.10 Å². The van der Waals surface area contributed by atoms with Crippen molar-refractivity contribution in [1.82, 2.24) is 4.90 Å². The zero-order valence-electron chi connectivity index (χ0n) is 18.3. The molecule has 5 rings (SSSR count). The molecule has 1 N–H and O–H groups in total. The maximum absolute atomic E-state index is 13.2. The van der Waals surface area contributed by atoms with Crippen molar-refractivity contribution in [2.24, 2.45) is 5.92 Å². The Morgan fingerprint density at radius 1 is 1.00 bits per heavy atom. The summed E-state index contributed by atoms with van der Waals surface area (Å²) in [5, 5.41) is 11.1. The first-order valence-electron chi connectivity index (χ1n) is 11.9. The molecule has 4 nitrogen and oxygen atoms in total. The highest BCUT2D eigenvalue weighted by atomic mass is 16.5. The minimum atomic E-state index is -0.739. The lowest BCUT2D eigenvalue weighted by molar-refractivity contribution is -0.0283. The number of rotatable bonds is 5. The summed E-state index contributed by atoms with van der Waals surface area (Å²) in [6.45, 7) is 2.45. The summed E-state index contributed by atoms with van der Waals surface area (Å²) in [7, 11) is 0. The van der Waals surface area contributed by atoms with Crippen LogP contribution in [0, 0.1) is 5.92 Å². The Hall–Kier alpha value is -2.17. The van der Waals surface area contributed by atoms with E-state index in [0.717, 1.165) is 80.6 Å². The summed E-state index contributed by atoms with van der Waals surface area (Å²) < 4.78 is 6.14. The first-order valence-corrected chi connectivity index (χ1v) is 11.9. The maximum Gasteiger partial charge on any atom is 0.167 e. The lowest BCUT2D eigenvalue weighted by Gasteiger charge is -2.40. The van der Waals surface area contributed by atoms with Gasteiger partial charge in [-0.3, -0.25) is 4.79 Å². The highest BCUT2D eigenvalue weighted by molar-refractivity contribution is 6.00. The van der Waals surface area contributed by atoms with Crippen molar-refractivity contribution in [3.05, 3.63) is 65.2 Å². The zero-order valence-corrected chi connectivity index (χ0v) is 18.3. The van der Waals surface area contributed by atoms with E-state index in [4.69, 9.17) is 4.74 Å². The predicted octanol–water partition coefficient (Wildman–Crippen LogP) is 4.74. The molecule has 31 heavy (non-hydrogen) atoms. The monoisotopic (exact) mass is 419 g/mol. The molecule has 1 saturated heterocycles. The van der Waals surface area contributed by atoms with Crippen molar-refractivity contribution in [2.45, 2.75) is 63.1 Å². The fourth-order valence-electron chi connectivity index (χ4n) is 5.60. The highest BCUT2D eigenvalue weighted by Crippen LogP contribution is 2.35. The van der Waals surface area contributed by atoms with Crippen LogP contribution in [0.1, 0.15) is 66.4 Å². The largest absolute Gasteiger partial charge is 0.490 e. The molecule has 2 fully saturated rings. The Labute approximate surface area is 185 Å². The summed E-state index contributed by atoms with van der Waals surface area (Å²) in [4.78, 5) is 15.5. The van der Waals surface area contributed by atoms with Crippen LogP contribution in [0.5, 0.6) is 5.75 Å². The summed E-state index contributed by atoms with van der Waals surface area (Å²) in [5.74, 6) is 1.25. The molecule has 2 aliphatic carbocycles. The van der Waals surface area contributed by atoms with Gasteiger partial charge in [0.25, 0.3) is 0 Å². The summed E-state index contributed by atoms with van der Waals surface area (Å²) >= 11 is 0. The molecular formula is C27H33NO3. The molecule has 2 aromatic rings. The SMILES string of the molecule is O=C1c2ccc(OC3CCCC3)cc2CCC1CN1CCC(O)(c2ccccc2)CC1. The molecule has 1 saturated carbocycles. The third-order valence-electron chi connectivity index (χ3n) is 7.55. The molecule has 1 atom stereocenters. The molecule has 0 aromatic heterocycles. The molecule has 0 amide bonds. The van der Waals surface area contributed by atoms with Crippen molar-refractivity contribution in [2.75, 3.05) is 19.6 Å². The number of aryl methyl sites for hydroxylation is 1. The molecule has 4 heteroatoms. The first kappa shape index (κ1) is 20.7. The number of likely N-dealkylation sites (tertiary alicyclic amines) is 1.